The highest BCUT2D eigenvalue weighted by molar-refractivity contribution is 6.03. The molecule has 6 nitrogen and oxygen atoms in total. The Balaban J connectivity index is 1.54. The number of nitrogens with one attached hydrogen (secondary N) is 3. The second-order valence-electron chi connectivity index (χ2n) is 6.70. The van der Waals surface area contributed by atoms with Crippen LogP contribution in [0.5, 0.6) is 0 Å². The Hall–Kier alpha value is -3.15. The summed E-state index contributed by atoms with van der Waals surface area (Å²) in [7, 11) is 0. The van der Waals surface area contributed by atoms with Gasteiger partial charge in [-0.25, -0.2) is 0 Å². The van der Waals surface area contributed by atoms with Crippen LogP contribution in [-0.4, -0.2) is 17.7 Å². The van der Waals surface area contributed by atoms with Crippen LogP contribution in [0.1, 0.15) is 25.8 Å². The van der Waals surface area contributed by atoms with Crippen LogP contribution < -0.4 is 16.0 Å². The molecule has 0 bridgehead atoms. The van der Waals surface area contributed by atoms with Crippen molar-refractivity contribution in [3.05, 3.63) is 54.1 Å². The lowest BCUT2D eigenvalue weighted by atomic mass is 10.1. The van der Waals surface area contributed by atoms with Crippen molar-refractivity contribution >= 4 is 34.8 Å². The zero-order valence-electron chi connectivity index (χ0n) is 15.4. The van der Waals surface area contributed by atoms with E-state index in [4.69, 9.17) is 0 Å². The fraction of sp³-hybridized carbons (Fsp3) is 0.286. The van der Waals surface area contributed by atoms with E-state index in [1.54, 1.807) is 24.3 Å². The Labute approximate surface area is 158 Å². The average Bonchev–Trinajstić information content (AvgIpc) is 3.44. The third kappa shape index (κ3) is 4.73. The van der Waals surface area contributed by atoms with E-state index in [2.05, 4.69) is 16.0 Å². The van der Waals surface area contributed by atoms with Crippen molar-refractivity contribution in [1.29, 1.82) is 0 Å². The van der Waals surface area contributed by atoms with E-state index in [-0.39, 0.29) is 29.6 Å². The number of para-hydroxylation sites is 1. The predicted octanol–water partition coefficient (Wildman–Crippen LogP) is 3.42. The summed E-state index contributed by atoms with van der Waals surface area (Å²) in [5.41, 5.74) is 3.19. The number of aryl methyl sites for hydroxylation is 1. The van der Waals surface area contributed by atoms with E-state index < -0.39 is 0 Å². The van der Waals surface area contributed by atoms with Gasteiger partial charge < -0.3 is 16.0 Å². The van der Waals surface area contributed by atoms with Gasteiger partial charge in [-0.3, -0.25) is 14.4 Å². The summed E-state index contributed by atoms with van der Waals surface area (Å²) in [5.74, 6) is -1.03. The lowest BCUT2D eigenvalue weighted by Crippen LogP contribution is -2.21. The SMILES string of the molecule is CCc1ccccc1NC(=O)C1CC1C(=O)Nc1ccc(NC(C)=O)cc1. The van der Waals surface area contributed by atoms with Gasteiger partial charge in [0.2, 0.25) is 17.7 Å². The van der Waals surface area contributed by atoms with E-state index in [1.807, 2.05) is 31.2 Å². The van der Waals surface area contributed by atoms with Crippen LogP contribution in [0.15, 0.2) is 48.5 Å². The lowest BCUT2D eigenvalue weighted by molar-refractivity contribution is -0.122. The van der Waals surface area contributed by atoms with Crippen molar-refractivity contribution in [1.82, 2.24) is 0 Å². The zero-order valence-corrected chi connectivity index (χ0v) is 15.4. The molecule has 140 valence electrons. The molecular formula is C21H23N3O3. The summed E-state index contributed by atoms with van der Waals surface area (Å²) in [6.45, 7) is 3.47. The summed E-state index contributed by atoms with van der Waals surface area (Å²) in [6, 6.07) is 14.6. The predicted molar refractivity (Wildman–Crippen MR) is 105 cm³/mol. The number of benzene rings is 2. The first-order valence-corrected chi connectivity index (χ1v) is 9.05. The number of carbonyl (C=O) groups is 3. The molecule has 2 aromatic carbocycles. The molecular weight excluding hydrogens is 342 g/mol. The molecule has 0 aromatic heterocycles. The smallest absolute Gasteiger partial charge is 0.228 e. The van der Waals surface area contributed by atoms with E-state index >= 15 is 0 Å². The van der Waals surface area contributed by atoms with Gasteiger partial charge in [0.25, 0.3) is 0 Å². The van der Waals surface area contributed by atoms with Gasteiger partial charge in [-0.1, -0.05) is 25.1 Å². The van der Waals surface area contributed by atoms with E-state index in [0.717, 1.165) is 17.7 Å². The van der Waals surface area contributed by atoms with Crippen LogP contribution >= 0.6 is 0 Å². The van der Waals surface area contributed by atoms with Crippen molar-refractivity contribution < 1.29 is 14.4 Å². The second-order valence-corrected chi connectivity index (χ2v) is 6.70. The maximum atomic E-state index is 12.4. The Morgan fingerprint density at radius 3 is 2.00 bits per heavy atom. The third-order valence-corrected chi connectivity index (χ3v) is 4.59. The van der Waals surface area contributed by atoms with Gasteiger partial charge in [0.05, 0.1) is 11.8 Å². The first-order valence-electron chi connectivity index (χ1n) is 9.05. The number of carbonyl (C=O) groups excluding carboxylic acids is 3. The van der Waals surface area contributed by atoms with Gasteiger partial charge in [0, 0.05) is 24.0 Å². The minimum Gasteiger partial charge on any atom is -0.326 e. The van der Waals surface area contributed by atoms with Gasteiger partial charge in [0.15, 0.2) is 0 Å². The summed E-state index contributed by atoms with van der Waals surface area (Å²) in [4.78, 5) is 35.8. The molecule has 0 heterocycles. The molecule has 3 rings (SSSR count). The van der Waals surface area contributed by atoms with Crippen LogP contribution in [0.2, 0.25) is 0 Å². The Morgan fingerprint density at radius 2 is 1.41 bits per heavy atom. The number of amides is 3. The fourth-order valence-electron chi connectivity index (χ4n) is 3.03. The first kappa shape index (κ1) is 18.6. The van der Waals surface area contributed by atoms with E-state index in [0.29, 0.717) is 17.8 Å². The Morgan fingerprint density at radius 1 is 0.852 bits per heavy atom. The molecule has 0 spiro atoms. The van der Waals surface area contributed by atoms with E-state index in [9.17, 15) is 14.4 Å². The van der Waals surface area contributed by atoms with Gasteiger partial charge in [-0.15, -0.1) is 0 Å². The Kier molecular flexibility index (Phi) is 5.54. The van der Waals surface area contributed by atoms with Crippen LogP contribution in [0.3, 0.4) is 0 Å². The second kappa shape index (κ2) is 8.03. The highest BCUT2D eigenvalue weighted by Crippen LogP contribution is 2.40. The molecule has 3 amide bonds. The Bertz CT molecular complexity index is 861. The van der Waals surface area contributed by atoms with Crippen molar-refractivity contribution in [3.8, 4) is 0 Å². The van der Waals surface area contributed by atoms with Crippen molar-refractivity contribution in [2.24, 2.45) is 11.8 Å². The van der Waals surface area contributed by atoms with Crippen LogP contribution in [0, 0.1) is 11.8 Å². The van der Waals surface area contributed by atoms with Gasteiger partial charge in [-0.2, -0.15) is 0 Å². The van der Waals surface area contributed by atoms with Crippen molar-refractivity contribution in [2.75, 3.05) is 16.0 Å². The monoisotopic (exact) mass is 365 g/mol. The van der Waals surface area contributed by atoms with Crippen LogP contribution in [0.25, 0.3) is 0 Å². The van der Waals surface area contributed by atoms with Crippen molar-refractivity contribution in [2.45, 2.75) is 26.7 Å². The molecule has 0 saturated heterocycles. The summed E-state index contributed by atoms with van der Waals surface area (Å²) < 4.78 is 0. The van der Waals surface area contributed by atoms with Crippen LogP contribution in [-0.2, 0) is 20.8 Å². The van der Waals surface area contributed by atoms with Crippen LogP contribution in [0.4, 0.5) is 17.1 Å². The molecule has 0 radical (unpaired) electrons. The quantitative estimate of drug-likeness (QED) is 0.733. The molecule has 1 aliphatic carbocycles. The standard InChI is InChI=1S/C21H23N3O3/c1-3-14-6-4-5-7-19(14)24-21(27)18-12-17(18)20(26)23-16-10-8-15(9-11-16)22-13(2)25/h4-11,17-18H,3,12H2,1-2H3,(H,22,25)(H,23,26)(H,24,27). The maximum absolute atomic E-state index is 12.4. The molecule has 1 saturated carbocycles. The third-order valence-electron chi connectivity index (χ3n) is 4.59. The minimum absolute atomic E-state index is 0.114. The van der Waals surface area contributed by atoms with Crippen molar-refractivity contribution in [3.63, 3.8) is 0 Å². The molecule has 2 atom stereocenters. The number of hydrogen-bond acceptors (Lipinski definition) is 3. The molecule has 6 heteroatoms. The van der Waals surface area contributed by atoms with Gasteiger partial charge in [0.1, 0.15) is 0 Å². The average molecular weight is 365 g/mol. The maximum Gasteiger partial charge on any atom is 0.228 e. The fourth-order valence-corrected chi connectivity index (χ4v) is 3.03. The number of hydrogen-bond donors (Lipinski definition) is 3. The summed E-state index contributed by atoms with van der Waals surface area (Å²) >= 11 is 0. The summed E-state index contributed by atoms with van der Waals surface area (Å²) in [5, 5.41) is 8.43. The highest BCUT2D eigenvalue weighted by Gasteiger charge is 2.48. The topological polar surface area (TPSA) is 87.3 Å². The largest absolute Gasteiger partial charge is 0.326 e. The molecule has 1 aliphatic rings. The molecule has 2 aromatic rings. The van der Waals surface area contributed by atoms with Gasteiger partial charge in [-0.05, 0) is 48.7 Å². The first-order chi connectivity index (χ1) is 13.0. The number of anilines is 3. The molecule has 1 fully saturated rings. The van der Waals surface area contributed by atoms with E-state index in [1.165, 1.54) is 6.92 Å². The zero-order chi connectivity index (χ0) is 19.4. The number of rotatable bonds is 6. The molecule has 27 heavy (non-hydrogen) atoms. The highest BCUT2D eigenvalue weighted by atomic mass is 16.2. The molecule has 0 aliphatic heterocycles. The normalized spacial score (nSPS) is 17.7. The molecule has 3 N–H and O–H groups in total. The summed E-state index contributed by atoms with van der Waals surface area (Å²) in [6.07, 6.45) is 1.38. The minimum atomic E-state index is -0.311. The lowest BCUT2D eigenvalue weighted by Gasteiger charge is -2.10. The van der Waals surface area contributed by atoms with Gasteiger partial charge >= 0.3 is 0 Å². The molecule has 2 unspecified atom stereocenters.